The molecule has 13 rings (SSSR count). The fourth-order valence-electron chi connectivity index (χ4n) is 10.8. The highest BCUT2D eigenvalue weighted by molar-refractivity contribution is 7.26. The number of hydrogen-bond donors (Lipinski definition) is 0. The summed E-state index contributed by atoms with van der Waals surface area (Å²) >= 11 is 1.88. The van der Waals surface area contributed by atoms with Crippen LogP contribution in [0, 0.1) is 0 Å². The van der Waals surface area contributed by atoms with Gasteiger partial charge in [0.1, 0.15) is 0 Å². The van der Waals surface area contributed by atoms with Gasteiger partial charge in [-0.05, 0) is 130 Å². The second kappa shape index (κ2) is 12.9. The van der Waals surface area contributed by atoms with Gasteiger partial charge < -0.3 is 9.47 Å². The average molecular weight is 783 g/mol. The molecule has 11 aromatic rings. The van der Waals surface area contributed by atoms with Gasteiger partial charge in [0.2, 0.25) is 0 Å². The molecule has 0 unspecified atom stereocenters. The molecule has 2 aliphatic rings. The van der Waals surface area contributed by atoms with Gasteiger partial charge in [-0.15, -0.1) is 11.3 Å². The predicted octanol–water partition coefficient (Wildman–Crippen LogP) is 15.4. The normalized spacial score (nSPS) is 13.7. The molecule has 0 amide bonds. The van der Waals surface area contributed by atoms with Crippen molar-refractivity contribution in [3.63, 3.8) is 0 Å². The van der Waals surface area contributed by atoms with Crippen molar-refractivity contribution in [2.75, 3.05) is 4.90 Å². The lowest BCUT2D eigenvalue weighted by molar-refractivity contribution is 0.563. The zero-order valence-electron chi connectivity index (χ0n) is 32.8. The third-order valence-electron chi connectivity index (χ3n) is 13.4. The lowest BCUT2D eigenvalue weighted by Gasteiger charge is -2.30. The fourth-order valence-corrected chi connectivity index (χ4v) is 11.9. The highest BCUT2D eigenvalue weighted by Crippen LogP contribution is 2.57. The van der Waals surface area contributed by atoms with Crippen molar-refractivity contribution in [1.82, 2.24) is 4.57 Å². The van der Waals surface area contributed by atoms with Crippen LogP contribution in [0.1, 0.15) is 22.3 Å². The lowest BCUT2D eigenvalue weighted by atomic mass is 9.75. The van der Waals surface area contributed by atoms with E-state index in [1.165, 1.54) is 104 Å². The van der Waals surface area contributed by atoms with Crippen molar-refractivity contribution in [1.29, 1.82) is 0 Å². The van der Waals surface area contributed by atoms with Crippen molar-refractivity contribution in [2.24, 2.45) is 0 Å². The second-order valence-corrected chi connectivity index (χ2v) is 17.6. The summed E-state index contributed by atoms with van der Waals surface area (Å²) in [6.07, 6.45) is 2.04. The van der Waals surface area contributed by atoms with E-state index in [9.17, 15) is 0 Å². The van der Waals surface area contributed by atoms with E-state index in [0.29, 0.717) is 0 Å². The standard InChI is InChI=1S/C57H38N2S/c1-2-15-41(16-3-1)59-51-21-10-7-18-46(51)48-33-38(27-32-52(48)59)37-25-28-42(29-26-37)58(53-22-12-24-55-56(53)47-19-8-11-23-54(47)60-55)43-30-31-45-44-17-6-9-20-49(44)57(50(45)34-43)35-39-13-4-5-14-40(39)36-57/h1-34H,35-36H2. The molecule has 0 atom stereocenters. The van der Waals surface area contributed by atoms with Crippen LogP contribution in [0.5, 0.6) is 0 Å². The largest absolute Gasteiger partial charge is 0.310 e. The monoisotopic (exact) mass is 782 g/mol. The summed E-state index contributed by atoms with van der Waals surface area (Å²) in [5.74, 6) is 0. The van der Waals surface area contributed by atoms with E-state index in [2.05, 4.69) is 216 Å². The molecule has 0 saturated carbocycles. The minimum Gasteiger partial charge on any atom is -0.310 e. The highest BCUT2D eigenvalue weighted by atomic mass is 32.1. The summed E-state index contributed by atoms with van der Waals surface area (Å²) in [7, 11) is 0. The molecule has 2 heterocycles. The van der Waals surface area contributed by atoms with Crippen molar-refractivity contribution >= 4 is 70.4 Å². The van der Waals surface area contributed by atoms with E-state index in [4.69, 9.17) is 0 Å². The minimum absolute atomic E-state index is 0.0927. The first-order valence-electron chi connectivity index (χ1n) is 20.9. The third-order valence-corrected chi connectivity index (χ3v) is 14.5. The molecule has 9 aromatic carbocycles. The molecule has 0 radical (unpaired) electrons. The van der Waals surface area contributed by atoms with Gasteiger partial charge in [-0.25, -0.2) is 0 Å². The number of fused-ring (bicyclic) bond motifs is 12. The first kappa shape index (κ1) is 33.7. The fraction of sp³-hybridized carbons (Fsp3) is 0.0526. The number of nitrogens with zero attached hydrogens (tertiary/aromatic N) is 2. The Morgan fingerprint density at radius 3 is 1.93 bits per heavy atom. The smallest absolute Gasteiger partial charge is 0.0554 e. The molecule has 2 nitrogen and oxygen atoms in total. The summed E-state index contributed by atoms with van der Waals surface area (Å²) in [6.45, 7) is 0. The van der Waals surface area contributed by atoms with Crippen LogP contribution in [0.15, 0.2) is 206 Å². The quantitative estimate of drug-likeness (QED) is 0.169. The first-order chi connectivity index (χ1) is 29.7. The Balaban J connectivity index is 0.980. The van der Waals surface area contributed by atoms with Crippen LogP contribution >= 0.6 is 11.3 Å². The zero-order valence-corrected chi connectivity index (χ0v) is 33.7. The summed E-state index contributed by atoms with van der Waals surface area (Å²) in [4.78, 5) is 2.51. The second-order valence-electron chi connectivity index (χ2n) is 16.5. The zero-order chi connectivity index (χ0) is 39.4. The van der Waals surface area contributed by atoms with Crippen LogP contribution in [0.3, 0.4) is 0 Å². The number of hydrogen-bond acceptors (Lipinski definition) is 2. The number of thiophene rings is 1. The molecule has 0 bridgehead atoms. The number of anilines is 3. The van der Waals surface area contributed by atoms with Gasteiger partial charge in [0.05, 0.1) is 16.7 Å². The van der Waals surface area contributed by atoms with Crippen molar-refractivity contribution in [3.05, 3.63) is 229 Å². The van der Waals surface area contributed by atoms with E-state index in [1.54, 1.807) is 0 Å². The maximum absolute atomic E-state index is 2.53. The summed E-state index contributed by atoms with van der Waals surface area (Å²) in [5.41, 5.74) is 18.0. The van der Waals surface area contributed by atoms with Crippen LogP contribution in [-0.4, -0.2) is 4.57 Å². The van der Waals surface area contributed by atoms with Gasteiger partial charge in [0.25, 0.3) is 0 Å². The highest BCUT2D eigenvalue weighted by Gasteiger charge is 2.47. The topological polar surface area (TPSA) is 8.17 Å². The van der Waals surface area contributed by atoms with Crippen LogP contribution in [-0.2, 0) is 18.3 Å². The average Bonchev–Trinajstić information content (AvgIpc) is 4.05. The first-order valence-corrected chi connectivity index (χ1v) is 21.7. The van der Waals surface area contributed by atoms with Crippen molar-refractivity contribution in [3.8, 4) is 27.9 Å². The molecule has 0 aliphatic heterocycles. The van der Waals surface area contributed by atoms with Crippen LogP contribution in [0.4, 0.5) is 17.1 Å². The molecule has 60 heavy (non-hydrogen) atoms. The Kier molecular flexibility index (Phi) is 7.25. The Labute approximate surface area is 352 Å². The SMILES string of the molecule is c1ccc(-n2c3ccccc3c3cc(-c4ccc(N(c5ccc6c(c5)C5(Cc7ccccc7C5)c5ccccc5-6)c5cccc6sc7ccccc7c56)cc4)ccc32)cc1. The maximum atomic E-state index is 2.53. The third kappa shape index (κ3) is 4.87. The number of benzene rings is 9. The van der Waals surface area contributed by atoms with Gasteiger partial charge in [-0.3, -0.25) is 0 Å². The van der Waals surface area contributed by atoms with Gasteiger partial charge in [0, 0.05) is 53.4 Å². The van der Waals surface area contributed by atoms with Crippen LogP contribution < -0.4 is 4.90 Å². The molecule has 1 spiro atoms. The maximum Gasteiger partial charge on any atom is 0.0554 e. The van der Waals surface area contributed by atoms with E-state index in [0.717, 1.165) is 18.5 Å². The van der Waals surface area contributed by atoms with Gasteiger partial charge >= 0.3 is 0 Å². The molecule has 2 aliphatic carbocycles. The van der Waals surface area contributed by atoms with Gasteiger partial charge in [-0.2, -0.15) is 0 Å². The van der Waals surface area contributed by atoms with Gasteiger partial charge in [-0.1, -0.05) is 133 Å². The van der Waals surface area contributed by atoms with Crippen LogP contribution in [0.25, 0.3) is 69.9 Å². The molecular weight excluding hydrogens is 745 g/mol. The van der Waals surface area contributed by atoms with E-state index in [1.807, 2.05) is 11.3 Å². The molecule has 0 saturated heterocycles. The molecule has 3 heteroatoms. The molecule has 282 valence electrons. The molecule has 2 aromatic heterocycles. The number of rotatable bonds is 5. The van der Waals surface area contributed by atoms with Gasteiger partial charge in [0.15, 0.2) is 0 Å². The minimum atomic E-state index is -0.0927. The molecule has 0 N–H and O–H groups in total. The number of para-hydroxylation sites is 2. The Morgan fingerprint density at radius 1 is 0.433 bits per heavy atom. The van der Waals surface area contributed by atoms with Crippen LogP contribution in [0.2, 0.25) is 0 Å². The number of aromatic nitrogens is 1. The predicted molar refractivity (Wildman–Crippen MR) is 254 cm³/mol. The van der Waals surface area contributed by atoms with E-state index < -0.39 is 0 Å². The van der Waals surface area contributed by atoms with E-state index in [-0.39, 0.29) is 5.41 Å². The van der Waals surface area contributed by atoms with E-state index >= 15 is 0 Å². The summed E-state index contributed by atoms with van der Waals surface area (Å²) < 4.78 is 4.99. The Bertz CT molecular complexity index is 3470. The Hall–Kier alpha value is -7.20. The Morgan fingerprint density at radius 2 is 1.08 bits per heavy atom. The summed E-state index contributed by atoms with van der Waals surface area (Å²) in [6, 6.07) is 76.9. The van der Waals surface area contributed by atoms with Crippen molar-refractivity contribution in [2.45, 2.75) is 18.3 Å². The lowest BCUT2D eigenvalue weighted by Crippen LogP contribution is -2.26. The molecule has 0 fully saturated rings. The van der Waals surface area contributed by atoms with Crippen molar-refractivity contribution < 1.29 is 0 Å². The molecular formula is C57H38N2S. The summed E-state index contributed by atoms with van der Waals surface area (Å²) in [5, 5.41) is 5.12.